The van der Waals surface area contributed by atoms with Crippen molar-refractivity contribution in [2.75, 3.05) is 62.7 Å². The van der Waals surface area contributed by atoms with E-state index in [0.29, 0.717) is 92.1 Å². The Morgan fingerprint density at radius 3 is 0.962 bits per heavy atom. The van der Waals surface area contributed by atoms with Crippen molar-refractivity contribution < 1.29 is 58.3 Å². The van der Waals surface area contributed by atoms with E-state index in [-0.39, 0.29) is 11.8 Å². The summed E-state index contributed by atoms with van der Waals surface area (Å²) in [5.41, 5.74) is 14.4. The zero-order chi connectivity index (χ0) is 55.8. The molecule has 0 aliphatic rings. The molecule has 0 aliphatic heterocycles. The first-order valence-corrected chi connectivity index (χ1v) is 27.4. The van der Waals surface area contributed by atoms with Gasteiger partial charge in [0.05, 0.1) is 79.3 Å². The summed E-state index contributed by atoms with van der Waals surface area (Å²) < 4.78 is 45.3. The zero-order valence-electron chi connectivity index (χ0n) is 47.0. The summed E-state index contributed by atoms with van der Waals surface area (Å²) in [5.74, 6) is 0.0260. The van der Waals surface area contributed by atoms with Gasteiger partial charge in [0, 0.05) is 46.0 Å². The summed E-state index contributed by atoms with van der Waals surface area (Å²) in [6.07, 6.45) is -2.13. The maximum atomic E-state index is 10.0. The van der Waals surface area contributed by atoms with Crippen LogP contribution < -0.4 is 9.80 Å². The molecule has 6 aromatic carbocycles. The van der Waals surface area contributed by atoms with E-state index < -0.39 is 25.2 Å². The van der Waals surface area contributed by atoms with Crippen LogP contribution in [-0.4, -0.2) is 98.4 Å². The van der Waals surface area contributed by atoms with Crippen LogP contribution in [0.25, 0.3) is 11.1 Å². The molecule has 0 spiro atoms. The van der Waals surface area contributed by atoms with Crippen molar-refractivity contribution in [2.45, 2.75) is 120 Å². The lowest BCUT2D eigenvalue weighted by Crippen LogP contribution is -2.21. The van der Waals surface area contributed by atoms with Crippen molar-refractivity contribution in [1.29, 1.82) is 0 Å². The number of hydrogen-bond donors (Lipinski definition) is 4. The molecule has 0 saturated heterocycles. The third kappa shape index (κ3) is 19.4. The van der Waals surface area contributed by atoms with Gasteiger partial charge in [-0.05, 0) is 144 Å². The minimum absolute atomic E-state index is 0.0123. The molecule has 422 valence electrons. The lowest BCUT2D eigenvalue weighted by molar-refractivity contribution is -0.137. The molecule has 78 heavy (non-hydrogen) atoms. The summed E-state index contributed by atoms with van der Waals surface area (Å²) in [5, 5.41) is 39.5. The third-order valence-electron chi connectivity index (χ3n) is 13.1. The molecule has 0 heterocycles. The number of rotatable bonds is 35. The molecule has 0 fully saturated rings. The predicted molar refractivity (Wildman–Crippen MR) is 307 cm³/mol. The summed E-state index contributed by atoms with van der Waals surface area (Å²) in [7, 11) is 0. The van der Waals surface area contributed by atoms with Crippen LogP contribution in [0.2, 0.25) is 0 Å². The number of ether oxygens (including phenoxy) is 8. The molecule has 4 N–H and O–H groups in total. The third-order valence-corrected chi connectivity index (χ3v) is 13.1. The van der Waals surface area contributed by atoms with Gasteiger partial charge in [-0.3, -0.25) is 0 Å². The molecular formula is C64H84N2O12. The van der Waals surface area contributed by atoms with Gasteiger partial charge in [0.1, 0.15) is 0 Å². The first-order chi connectivity index (χ1) is 37.7. The Bertz CT molecular complexity index is 2630. The molecule has 0 aliphatic carbocycles. The Kier molecular flexibility index (Phi) is 25.7. The number of hydrogen-bond acceptors (Lipinski definition) is 14. The molecule has 14 nitrogen and oxygen atoms in total. The van der Waals surface area contributed by atoms with Gasteiger partial charge in [0.2, 0.25) is 0 Å². The van der Waals surface area contributed by atoms with Crippen LogP contribution in [0.5, 0.6) is 0 Å². The molecule has 14 heteroatoms. The minimum atomic E-state index is -0.814. The van der Waals surface area contributed by atoms with Crippen molar-refractivity contribution in [3.8, 4) is 11.1 Å². The number of benzene rings is 6. The van der Waals surface area contributed by atoms with Crippen LogP contribution in [0.15, 0.2) is 133 Å². The molecule has 0 amide bonds. The molecule has 0 bridgehead atoms. The van der Waals surface area contributed by atoms with Crippen LogP contribution in [0.4, 0.5) is 34.1 Å². The van der Waals surface area contributed by atoms with Crippen LogP contribution in [0.1, 0.15) is 87.8 Å². The monoisotopic (exact) mass is 1070 g/mol. The fourth-order valence-electron chi connectivity index (χ4n) is 8.25. The van der Waals surface area contributed by atoms with Gasteiger partial charge in [-0.2, -0.15) is 0 Å². The second-order valence-electron chi connectivity index (χ2n) is 20.0. The van der Waals surface area contributed by atoms with Gasteiger partial charge in [-0.25, -0.2) is 0 Å². The van der Waals surface area contributed by atoms with Gasteiger partial charge in [0.25, 0.3) is 0 Å². The maximum absolute atomic E-state index is 10.0. The zero-order valence-corrected chi connectivity index (χ0v) is 47.0. The van der Waals surface area contributed by atoms with Gasteiger partial charge in [-0.1, -0.05) is 102 Å². The lowest BCUT2D eigenvalue weighted by Gasteiger charge is -2.27. The Balaban J connectivity index is 1.22. The van der Waals surface area contributed by atoms with Gasteiger partial charge >= 0.3 is 0 Å². The number of anilines is 6. The van der Waals surface area contributed by atoms with E-state index in [9.17, 15) is 20.4 Å². The van der Waals surface area contributed by atoms with Crippen LogP contribution in [0, 0.1) is 25.7 Å². The smallest absolute Gasteiger partial charge is 0.156 e. The highest BCUT2D eigenvalue weighted by Crippen LogP contribution is 2.39. The first-order valence-electron chi connectivity index (χ1n) is 27.4. The van der Waals surface area contributed by atoms with Crippen LogP contribution in [0.3, 0.4) is 0 Å². The average Bonchev–Trinajstić information content (AvgIpc) is 3.45. The summed E-state index contributed by atoms with van der Waals surface area (Å²) in [4.78, 5) is 4.48. The minimum Gasteiger partial charge on any atom is -0.374 e. The lowest BCUT2D eigenvalue weighted by atomic mass is 10.0. The van der Waals surface area contributed by atoms with Crippen LogP contribution >= 0.6 is 0 Å². The normalized spacial score (nSPS) is 13.3. The Morgan fingerprint density at radius 2 is 0.654 bits per heavy atom. The number of aryl methyl sites for hydroxylation is 2. The van der Waals surface area contributed by atoms with E-state index in [1.165, 1.54) is 0 Å². The second kappa shape index (κ2) is 32.5. The highest BCUT2D eigenvalue weighted by atomic mass is 16.6. The van der Waals surface area contributed by atoms with Gasteiger partial charge in [-0.15, -0.1) is 0 Å². The van der Waals surface area contributed by atoms with E-state index in [1.807, 2.05) is 41.5 Å². The van der Waals surface area contributed by atoms with E-state index >= 15 is 0 Å². The highest BCUT2D eigenvalue weighted by Gasteiger charge is 2.18. The molecule has 6 rings (SSSR count). The van der Waals surface area contributed by atoms with Gasteiger partial charge < -0.3 is 68.1 Å². The Morgan fingerprint density at radius 1 is 0.359 bits per heavy atom. The second-order valence-corrected chi connectivity index (χ2v) is 20.0. The number of aliphatic hydroxyl groups is 4. The summed E-state index contributed by atoms with van der Waals surface area (Å²) in [6, 6.07) is 46.7. The van der Waals surface area contributed by atoms with E-state index in [0.717, 1.165) is 78.6 Å². The molecular weight excluding hydrogens is 989 g/mol. The largest absolute Gasteiger partial charge is 0.374 e. The van der Waals surface area contributed by atoms with E-state index in [2.05, 4.69) is 157 Å². The topological polar surface area (TPSA) is 161 Å². The summed E-state index contributed by atoms with van der Waals surface area (Å²) >= 11 is 0. The first kappa shape index (κ1) is 61.6. The predicted octanol–water partition coefficient (Wildman–Crippen LogP) is 12.4. The van der Waals surface area contributed by atoms with E-state index in [1.54, 1.807) is 0 Å². The standard InChI is InChI=1S/C64H84N2O12/c1-9-61(67)75-35-31-71-41-49-11-21-55(22-12-49)65(59-29-19-53(47(7)39-59)43-73-32-36-76-62(68)10-2)57-25-15-51(16-26-57)52-17-27-58(28-18-52)66(56-23-13-50(14-24-56)42-72-33-37-77-63(69)45(3)4)60-30-20-54(48(8)40-60)44-74-34-38-78-64(70)46(5)6/h11-30,39-40,45-46,61-64,67-70H,9-10,31-38,41-44H2,1-8H3. The molecule has 0 radical (unpaired) electrons. The summed E-state index contributed by atoms with van der Waals surface area (Å²) in [6.45, 7) is 20.0. The van der Waals surface area contributed by atoms with Crippen LogP contribution in [-0.2, 0) is 64.3 Å². The van der Waals surface area contributed by atoms with E-state index in [4.69, 9.17) is 37.9 Å². The Hall–Kier alpha value is -5.56. The fourth-order valence-corrected chi connectivity index (χ4v) is 8.25. The van der Waals surface area contributed by atoms with Crippen molar-refractivity contribution in [3.63, 3.8) is 0 Å². The number of nitrogens with zero attached hydrogens (tertiary/aromatic N) is 2. The Labute approximate surface area is 463 Å². The fraction of sp³-hybridized carbons (Fsp3) is 0.438. The van der Waals surface area contributed by atoms with Crippen molar-refractivity contribution in [2.24, 2.45) is 11.8 Å². The van der Waals surface area contributed by atoms with Crippen molar-refractivity contribution in [1.82, 2.24) is 0 Å². The van der Waals surface area contributed by atoms with Crippen molar-refractivity contribution >= 4 is 34.1 Å². The molecule has 0 aromatic heterocycles. The molecule has 4 atom stereocenters. The van der Waals surface area contributed by atoms with Gasteiger partial charge in [0.15, 0.2) is 25.2 Å². The highest BCUT2D eigenvalue weighted by molar-refractivity contribution is 5.81. The maximum Gasteiger partial charge on any atom is 0.156 e. The molecule has 0 saturated carbocycles. The number of aliphatic hydroxyl groups excluding tert-OH is 4. The SMILES string of the molecule is CCC(O)OCCOCc1ccc(N(c2ccc(-c3ccc(N(c4ccc(COCCOC(O)C(C)C)cc4)c4ccc(COCCOC(O)C(C)C)c(C)c4)cc3)cc2)c2ccc(COCCOC(O)CC)c(C)c2)cc1. The molecule has 4 unspecified atom stereocenters. The van der Waals surface area contributed by atoms with Crippen molar-refractivity contribution in [3.05, 3.63) is 167 Å². The quantitative estimate of drug-likeness (QED) is 0.0220. The molecule has 6 aromatic rings. The average molecular weight is 1070 g/mol.